The fourth-order valence-corrected chi connectivity index (χ4v) is 2.98. The van der Waals surface area contributed by atoms with Gasteiger partial charge in [0.25, 0.3) is 0 Å². The first-order valence-corrected chi connectivity index (χ1v) is 7.61. The largest absolute Gasteiger partial charge is 0.496 e. The number of nitrogens with one attached hydrogen (secondary N) is 2. The molecule has 2 rings (SSSR count). The Labute approximate surface area is 140 Å². The molecule has 1 heterocycles. The van der Waals surface area contributed by atoms with Gasteiger partial charge < -0.3 is 15.4 Å². The molecule has 1 amide bonds. The van der Waals surface area contributed by atoms with Gasteiger partial charge in [-0.1, -0.05) is 6.07 Å². The van der Waals surface area contributed by atoms with Gasteiger partial charge in [-0.3, -0.25) is 4.79 Å². The van der Waals surface area contributed by atoms with Gasteiger partial charge in [0.2, 0.25) is 5.91 Å². The minimum Gasteiger partial charge on any atom is -0.496 e. The molecule has 2 N–H and O–H groups in total. The monoisotopic (exact) mass is 376 g/mol. The SMILES string of the molecule is COc1ccc(C(C)NC(=O)C2(C)CCNC2)cc1Br.Cl. The highest BCUT2D eigenvalue weighted by atomic mass is 79.9. The van der Waals surface area contributed by atoms with Crippen LogP contribution in [0.2, 0.25) is 0 Å². The fourth-order valence-electron chi connectivity index (χ4n) is 2.42. The standard InChI is InChI=1S/C15H21BrN2O2.ClH/c1-10(11-4-5-13(20-3)12(16)8-11)18-14(19)15(2)6-7-17-9-15;/h4-5,8,10,17H,6-7,9H2,1-3H3,(H,18,19);1H. The van der Waals surface area contributed by atoms with Gasteiger partial charge in [-0.05, 0) is 60.4 Å². The van der Waals surface area contributed by atoms with Crippen LogP contribution in [-0.4, -0.2) is 26.1 Å². The van der Waals surface area contributed by atoms with E-state index in [1.54, 1.807) is 7.11 Å². The number of benzene rings is 1. The van der Waals surface area contributed by atoms with Crippen LogP contribution in [0.3, 0.4) is 0 Å². The van der Waals surface area contributed by atoms with Crippen molar-refractivity contribution in [3.63, 3.8) is 0 Å². The summed E-state index contributed by atoms with van der Waals surface area (Å²) in [5.74, 6) is 0.904. The van der Waals surface area contributed by atoms with Gasteiger partial charge in [0.15, 0.2) is 0 Å². The molecule has 4 nitrogen and oxygen atoms in total. The summed E-state index contributed by atoms with van der Waals surface area (Å²) >= 11 is 3.47. The zero-order valence-electron chi connectivity index (χ0n) is 12.5. The van der Waals surface area contributed by atoms with E-state index in [0.717, 1.165) is 35.3 Å². The summed E-state index contributed by atoms with van der Waals surface area (Å²) in [5.41, 5.74) is 0.762. The van der Waals surface area contributed by atoms with Crippen LogP contribution in [0.25, 0.3) is 0 Å². The number of hydrogen-bond acceptors (Lipinski definition) is 3. The lowest BCUT2D eigenvalue weighted by Crippen LogP contribution is -2.41. The van der Waals surface area contributed by atoms with E-state index in [1.165, 1.54) is 0 Å². The minimum atomic E-state index is -0.294. The van der Waals surface area contributed by atoms with E-state index in [2.05, 4.69) is 26.6 Å². The van der Waals surface area contributed by atoms with Gasteiger partial charge in [0.05, 0.1) is 23.0 Å². The molecule has 118 valence electrons. The maximum absolute atomic E-state index is 12.4. The van der Waals surface area contributed by atoms with Crippen molar-refractivity contribution in [2.75, 3.05) is 20.2 Å². The summed E-state index contributed by atoms with van der Waals surface area (Å²) in [6.45, 7) is 5.67. The van der Waals surface area contributed by atoms with E-state index in [9.17, 15) is 4.79 Å². The van der Waals surface area contributed by atoms with Crippen molar-refractivity contribution in [3.8, 4) is 5.75 Å². The number of ether oxygens (including phenoxy) is 1. The van der Waals surface area contributed by atoms with E-state index in [0.29, 0.717) is 0 Å². The lowest BCUT2D eigenvalue weighted by Gasteiger charge is -2.25. The zero-order chi connectivity index (χ0) is 14.8. The molecule has 1 aliphatic rings. The maximum Gasteiger partial charge on any atom is 0.227 e. The summed E-state index contributed by atoms with van der Waals surface area (Å²) in [5, 5.41) is 6.35. The highest BCUT2D eigenvalue weighted by Crippen LogP contribution is 2.29. The Hall–Kier alpha value is -0.780. The Morgan fingerprint density at radius 1 is 1.52 bits per heavy atom. The Kier molecular flexibility index (Phi) is 6.50. The van der Waals surface area contributed by atoms with Gasteiger partial charge in [-0.15, -0.1) is 12.4 Å². The Bertz CT molecular complexity index is 504. The average molecular weight is 378 g/mol. The first kappa shape index (κ1) is 18.3. The molecule has 0 radical (unpaired) electrons. The highest BCUT2D eigenvalue weighted by Gasteiger charge is 2.36. The van der Waals surface area contributed by atoms with Crippen molar-refractivity contribution >= 4 is 34.2 Å². The van der Waals surface area contributed by atoms with Crippen molar-refractivity contribution in [1.29, 1.82) is 0 Å². The molecule has 0 aliphatic carbocycles. The molecule has 1 aliphatic heterocycles. The van der Waals surface area contributed by atoms with E-state index in [4.69, 9.17) is 4.74 Å². The topological polar surface area (TPSA) is 50.4 Å². The van der Waals surface area contributed by atoms with E-state index in [-0.39, 0.29) is 29.8 Å². The normalized spacial score (nSPS) is 22.3. The van der Waals surface area contributed by atoms with Crippen LogP contribution in [0.15, 0.2) is 22.7 Å². The van der Waals surface area contributed by atoms with Crippen LogP contribution in [0.5, 0.6) is 5.75 Å². The molecule has 0 saturated carbocycles. The number of carbonyl (C=O) groups is 1. The number of amides is 1. The molecule has 21 heavy (non-hydrogen) atoms. The summed E-state index contributed by atoms with van der Waals surface area (Å²) in [4.78, 5) is 12.4. The lowest BCUT2D eigenvalue weighted by molar-refractivity contribution is -0.129. The minimum absolute atomic E-state index is 0. The molecule has 1 fully saturated rings. The van der Waals surface area contributed by atoms with Gasteiger partial charge >= 0.3 is 0 Å². The van der Waals surface area contributed by atoms with Crippen molar-refractivity contribution in [2.24, 2.45) is 5.41 Å². The Morgan fingerprint density at radius 3 is 2.76 bits per heavy atom. The Morgan fingerprint density at radius 2 is 2.24 bits per heavy atom. The highest BCUT2D eigenvalue weighted by molar-refractivity contribution is 9.10. The lowest BCUT2D eigenvalue weighted by atomic mass is 9.88. The van der Waals surface area contributed by atoms with Crippen LogP contribution >= 0.6 is 28.3 Å². The van der Waals surface area contributed by atoms with E-state index in [1.807, 2.05) is 32.0 Å². The van der Waals surface area contributed by atoms with Crippen LogP contribution in [0, 0.1) is 5.41 Å². The summed E-state index contributed by atoms with van der Waals surface area (Å²) in [6, 6.07) is 5.84. The molecular formula is C15H22BrClN2O2. The average Bonchev–Trinajstić information content (AvgIpc) is 2.87. The number of carbonyl (C=O) groups excluding carboxylic acids is 1. The van der Waals surface area contributed by atoms with Gasteiger partial charge in [0, 0.05) is 6.54 Å². The van der Waals surface area contributed by atoms with E-state index >= 15 is 0 Å². The third-order valence-electron chi connectivity index (χ3n) is 3.94. The van der Waals surface area contributed by atoms with E-state index < -0.39 is 0 Å². The maximum atomic E-state index is 12.4. The second kappa shape index (κ2) is 7.47. The molecule has 2 unspecified atom stereocenters. The van der Waals surface area contributed by atoms with Crippen LogP contribution in [0.1, 0.15) is 31.9 Å². The number of hydrogen-bond donors (Lipinski definition) is 2. The molecule has 0 aromatic heterocycles. The molecule has 1 saturated heterocycles. The fraction of sp³-hybridized carbons (Fsp3) is 0.533. The van der Waals surface area contributed by atoms with Crippen molar-refractivity contribution in [1.82, 2.24) is 10.6 Å². The number of halogens is 2. The van der Waals surface area contributed by atoms with Crippen molar-refractivity contribution in [2.45, 2.75) is 26.3 Å². The zero-order valence-corrected chi connectivity index (χ0v) is 14.9. The number of rotatable bonds is 4. The molecule has 2 atom stereocenters. The summed E-state index contributed by atoms with van der Waals surface area (Å²) in [6.07, 6.45) is 0.887. The second-order valence-electron chi connectivity index (χ2n) is 5.58. The van der Waals surface area contributed by atoms with Gasteiger partial charge in [-0.25, -0.2) is 0 Å². The predicted octanol–water partition coefficient (Wildman–Crippen LogP) is 3.06. The molecule has 1 aromatic rings. The van der Waals surface area contributed by atoms with Gasteiger partial charge in [-0.2, -0.15) is 0 Å². The number of methoxy groups -OCH3 is 1. The smallest absolute Gasteiger partial charge is 0.227 e. The third-order valence-corrected chi connectivity index (χ3v) is 4.56. The molecule has 0 bridgehead atoms. The quantitative estimate of drug-likeness (QED) is 0.848. The molecular weight excluding hydrogens is 356 g/mol. The third kappa shape index (κ3) is 4.11. The predicted molar refractivity (Wildman–Crippen MR) is 90.1 cm³/mol. The second-order valence-corrected chi connectivity index (χ2v) is 6.43. The summed E-state index contributed by atoms with van der Waals surface area (Å²) < 4.78 is 6.11. The van der Waals surface area contributed by atoms with Crippen LogP contribution < -0.4 is 15.4 Å². The molecule has 0 spiro atoms. The first-order valence-electron chi connectivity index (χ1n) is 6.81. The Balaban J connectivity index is 0.00000220. The van der Waals surface area contributed by atoms with Crippen molar-refractivity contribution in [3.05, 3.63) is 28.2 Å². The van der Waals surface area contributed by atoms with Gasteiger partial charge in [0.1, 0.15) is 5.75 Å². The first-order chi connectivity index (χ1) is 9.46. The van der Waals surface area contributed by atoms with Crippen molar-refractivity contribution < 1.29 is 9.53 Å². The molecule has 1 aromatic carbocycles. The summed E-state index contributed by atoms with van der Waals surface area (Å²) in [7, 11) is 1.64. The van der Waals surface area contributed by atoms with Crippen LogP contribution in [0.4, 0.5) is 0 Å². The van der Waals surface area contributed by atoms with Crippen LogP contribution in [-0.2, 0) is 4.79 Å². The molecule has 6 heteroatoms.